The molecule has 0 aliphatic carbocycles. The van der Waals surface area contributed by atoms with Gasteiger partial charge in [0.25, 0.3) is 0 Å². The van der Waals surface area contributed by atoms with Crippen LogP contribution >= 0.6 is 0 Å². The molecule has 2 aromatic carbocycles. The Balaban J connectivity index is 1.66. The number of halogens is 1. The summed E-state index contributed by atoms with van der Waals surface area (Å²) in [7, 11) is 1.97. The maximum Gasteiger partial charge on any atom is 0.247 e. The molecule has 136 valence electrons. The molecular weight excluding hydrogens is 333 g/mol. The number of nitrogens with zero attached hydrogens (tertiary/aromatic N) is 3. The van der Waals surface area contributed by atoms with Crippen LogP contribution in [-0.2, 0) is 6.54 Å². The van der Waals surface area contributed by atoms with E-state index in [2.05, 4.69) is 22.0 Å². The third-order valence-corrected chi connectivity index (χ3v) is 4.28. The van der Waals surface area contributed by atoms with Gasteiger partial charge in [0.15, 0.2) is 0 Å². The topological polar surface area (TPSA) is 51.4 Å². The van der Waals surface area contributed by atoms with Crippen LogP contribution in [0.2, 0.25) is 0 Å². The maximum absolute atomic E-state index is 13.1. The van der Waals surface area contributed by atoms with E-state index in [0.717, 1.165) is 16.9 Å². The lowest BCUT2D eigenvalue weighted by molar-refractivity contribution is 0.228. The van der Waals surface area contributed by atoms with Gasteiger partial charge in [0.05, 0.1) is 13.2 Å². The molecule has 1 heterocycles. The Bertz CT molecular complexity index is 831. The summed E-state index contributed by atoms with van der Waals surface area (Å²) in [6.07, 6.45) is 0. The van der Waals surface area contributed by atoms with E-state index in [0.29, 0.717) is 24.9 Å². The predicted molar refractivity (Wildman–Crippen MR) is 97.2 cm³/mol. The Kier molecular flexibility index (Phi) is 5.63. The van der Waals surface area contributed by atoms with Gasteiger partial charge in [-0.05, 0) is 62.9 Å². The zero-order valence-corrected chi connectivity index (χ0v) is 15.1. The molecule has 0 radical (unpaired) electrons. The summed E-state index contributed by atoms with van der Waals surface area (Å²) < 4.78 is 24.3. The van der Waals surface area contributed by atoms with Crippen molar-refractivity contribution in [2.45, 2.75) is 26.4 Å². The van der Waals surface area contributed by atoms with Gasteiger partial charge in [0.2, 0.25) is 11.8 Å². The molecule has 0 spiro atoms. The minimum Gasteiger partial charge on any atom is -0.494 e. The predicted octanol–water partition coefficient (Wildman–Crippen LogP) is 4.47. The van der Waals surface area contributed by atoms with E-state index in [9.17, 15) is 4.39 Å². The van der Waals surface area contributed by atoms with Crippen LogP contribution < -0.4 is 4.74 Å². The van der Waals surface area contributed by atoms with E-state index < -0.39 is 0 Å². The van der Waals surface area contributed by atoms with E-state index in [1.807, 2.05) is 38.2 Å². The lowest BCUT2D eigenvalue weighted by Gasteiger charge is -2.23. The van der Waals surface area contributed by atoms with Crippen LogP contribution in [0.4, 0.5) is 4.39 Å². The van der Waals surface area contributed by atoms with Crippen LogP contribution in [0.5, 0.6) is 5.75 Å². The summed E-state index contributed by atoms with van der Waals surface area (Å²) >= 11 is 0. The first kappa shape index (κ1) is 18.1. The number of ether oxygens (including phenoxy) is 1. The van der Waals surface area contributed by atoms with E-state index in [1.165, 1.54) is 12.1 Å². The molecular formula is C20H22FN3O2. The van der Waals surface area contributed by atoms with Crippen molar-refractivity contribution in [2.24, 2.45) is 0 Å². The Morgan fingerprint density at radius 2 is 1.77 bits per heavy atom. The monoisotopic (exact) mass is 355 g/mol. The van der Waals surface area contributed by atoms with Crippen molar-refractivity contribution < 1.29 is 13.5 Å². The molecule has 0 amide bonds. The molecule has 0 saturated heterocycles. The standard InChI is InChI=1S/C20H22FN3O2/c1-4-25-18-11-7-16(8-12-18)20-23-22-19(26-20)13-24(3)14(2)15-5-9-17(21)10-6-15/h5-12,14H,4,13H2,1-3H3/t14-/m0/s1. The normalized spacial score (nSPS) is 12.3. The summed E-state index contributed by atoms with van der Waals surface area (Å²) in [5.41, 5.74) is 1.88. The van der Waals surface area contributed by atoms with Crippen LogP contribution in [0.25, 0.3) is 11.5 Å². The van der Waals surface area contributed by atoms with Crippen molar-refractivity contribution in [3.63, 3.8) is 0 Å². The first-order valence-electron chi connectivity index (χ1n) is 8.58. The average Bonchev–Trinajstić information content (AvgIpc) is 3.11. The van der Waals surface area contributed by atoms with Gasteiger partial charge in [0, 0.05) is 11.6 Å². The van der Waals surface area contributed by atoms with E-state index in [1.54, 1.807) is 12.1 Å². The van der Waals surface area contributed by atoms with Gasteiger partial charge >= 0.3 is 0 Å². The van der Waals surface area contributed by atoms with E-state index in [4.69, 9.17) is 9.15 Å². The second-order valence-corrected chi connectivity index (χ2v) is 6.10. The maximum atomic E-state index is 13.1. The van der Waals surface area contributed by atoms with E-state index in [-0.39, 0.29) is 11.9 Å². The second-order valence-electron chi connectivity index (χ2n) is 6.10. The van der Waals surface area contributed by atoms with Gasteiger partial charge in [-0.25, -0.2) is 4.39 Å². The smallest absolute Gasteiger partial charge is 0.247 e. The average molecular weight is 355 g/mol. The lowest BCUT2D eigenvalue weighted by Crippen LogP contribution is -2.22. The molecule has 3 aromatic rings. The van der Waals surface area contributed by atoms with Crippen molar-refractivity contribution >= 4 is 0 Å². The number of hydrogen-bond donors (Lipinski definition) is 0. The molecule has 0 aliphatic rings. The van der Waals surface area contributed by atoms with Gasteiger partial charge in [-0.2, -0.15) is 0 Å². The highest BCUT2D eigenvalue weighted by molar-refractivity contribution is 5.53. The van der Waals surface area contributed by atoms with Crippen LogP contribution in [0.3, 0.4) is 0 Å². The fraction of sp³-hybridized carbons (Fsp3) is 0.300. The van der Waals surface area contributed by atoms with Crippen LogP contribution in [-0.4, -0.2) is 28.8 Å². The Morgan fingerprint density at radius 3 is 2.42 bits per heavy atom. The van der Waals surface area contributed by atoms with Gasteiger partial charge < -0.3 is 9.15 Å². The van der Waals surface area contributed by atoms with Crippen molar-refractivity contribution in [1.29, 1.82) is 0 Å². The van der Waals surface area contributed by atoms with E-state index >= 15 is 0 Å². The number of hydrogen-bond acceptors (Lipinski definition) is 5. The highest BCUT2D eigenvalue weighted by Crippen LogP contribution is 2.24. The lowest BCUT2D eigenvalue weighted by atomic mass is 10.1. The molecule has 0 fully saturated rings. The third-order valence-electron chi connectivity index (χ3n) is 4.28. The highest BCUT2D eigenvalue weighted by Gasteiger charge is 2.16. The molecule has 1 aromatic heterocycles. The first-order chi connectivity index (χ1) is 12.6. The summed E-state index contributed by atoms with van der Waals surface area (Å²) in [6, 6.07) is 14.2. The third kappa shape index (κ3) is 4.26. The highest BCUT2D eigenvalue weighted by atomic mass is 19.1. The summed E-state index contributed by atoms with van der Waals surface area (Å²) in [6.45, 7) is 5.13. The van der Waals surface area contributed by atoms with Crippen molar-refractivity contribution in [1.82, 2.24) is 15.1 Å². The molecule has 6 heteroatoms. The molecule has 5 nitrogen and oxygen atoms in total. The zero-order chi connectivity index (χ0) is 18.5. The van der Waals surface area contributed by atoms with Gasteiger partial charge in [0.1, 0.15) is 11.6 Å². The largest absolute Gasteiger partial charge is 0.494 e. The Morgan fingerprint density at radius 1 is 1.08 bits per heavy atom. The second kappa shape index (κ2) is 8.10. The first-order valence-corrected chi connectivity index (χ1v) is 8.58. The summed E-state index contributed by atoms with van der Waals surface area (Å²) in [4.78, 5) is 2.07. The van der Waals surface area contributed by atoms with Gasteiger partial charge in [-0.15, -0.1) is 10.2 Å². The van der Waals surface area contributed by atoms with Crippen LogP contribution in [0.1, 0.15) is 31.3 Å². The minimum atomic E-state index is -0.236. The van der Waals surface area contributed by atoms with Crippen LogP contribution in [0, 0.1) is 5.82 Å². The summed E-state index contributed by atoms with van der Waals surface area (Å²) in [5, 5.41) is 8.26. The van der Waals surface area contributed by atoms with Crippen molar-refractivity contribution in [3.05, 3.63) is 65.8 Å². The quantitative estimate of drug-likeness (QED) is 0.626. The number of rotatable bonds is 7. The SMILES string of the molecule is CCOc1ccc(-c2nnc(CN(C)[C@@H](C)c3ccc(F)cc3)o2)cc1. The fourth-order valence-corrected chi connectivity index (χ4v) is 2.64. The summed E-state index contributed by atoms with van der Waals surface area (Å²) in [5.74, 6) is 1.58. The van der Waals surface area contributed by atoms with Gasteiger partial charge in [-0.1, -0.05) is 12.1 Å². The molecule has 0 N–H and O–H groups in total. The molecule has 0 bridgehead atoms. The molecule has 3 rings (SSSR count). The number of aromatic nitrogens is 2. The van der Waals surface area contributed by atoms with Crippen molar-refractivity contribution in [2.75, 3.05) is 13.7 Å². The van der Waals surface area contributed by atoms with Crippen molar-refractivity contribution in [3.8, 4) is 17.2 Å². The molecule has 0 aliphatic heterocycles. The minimum absolute atomic E-state index is 0.0939. The number of benzene rings is 2. The fourth-order valence-electron chi connectivity index (χ4n) is 2.64. The Hall–Kier alpha value is -2.73. The van der Waals surface area contributed by atoms with Crippen LogP contribution in [0.15, 0.2) is 52.9 Å². The molecule has 26 heavy (non-hydrogen) atoms. The zero-order valence-electron chi connectivity index (χ0n) is 15.1. The molecule has 1 atom stereocenters. The molecule has 0 saturated carbocycles. The Labute approximate surface area is 152 Å². The molecule has 0 unspecified atom stereocenters. The van der Waals surface area contributed by atoms with Gasteiger partial charge in [-0.3, -0.25) is 4.90 Å².